The molecule has 0 radical (unpaired) electrons. The minimum atomic E-state index is -3.81. The van der Waals surface area contributed by atoms with Gasteiger partial charge < -0.3 is 10.1 Å². The number of carbonyl (C=O) groups is 2. The van der Waals surface area contributed by atoms with Crippen LogP contribution < -0.4 is 10.0 Å². The molecule has 1 saturated carbocycles. The van der Waals surface area contributed by atoms with Gasteiger partial charge in [-0.3, -0.25) is 9.59 Å². The molecule has 1 unspecified atom stereocenters. The van der Waals surface area contributed by atoms with Gasteiger partial charge in [0, 0.05) is 6.04 Å². The molecule has 132 valence electrons. The van der Waals surface area contributed by atoms with Gasteiger partial charge in [0.2, 0.25) is 10.0 Å². The average molecular weight is 354 g/mol. The van der Waals surface area contributed by atoms with Gasteiger partial charge in [0.25, 0.3) is 5.91 Å². The summed E-state index contributed by atoms with van der Waals surface area (Å²) in [5.41, 5.74) is 1.81. The Hall–Kier alpha value is -1.93. The van der Waals surface area contributed by atoms with Gasteiger partial charge in [-0.2, -0.15) is 4.72 Å². The molecule has 1 aromatic carbocycles. The number of amides is 1. The van der Waals surface area contributed by atoms with Crippen molar-refractivity contribution in [3.63, 3.8) is 0 Å². The molecular formula is C16H22N2O5S. The molecule has 8 heteroatoms. The van der Waals surface area contributed by atoms with Gasteiger partial charge in [-0.05, 0) is 56.9 Å². The molecule has 1 amide bonds. The SMILES string of the molecule is Cc1ccc(S(=O)(=O)NCC(=O)OC(C)C(=O)NC2CC2)cc1C. The van der Waals surface area contributed by atoms with Crippen molar-refractivity contribution in [2.75, 3.05) is 6.54 Å². The van der Waals surface area contributed by atoms with E-state index in [0.29, 0.717) is 0 Å². The van der Waals surface area contributed by atoms with Crippen LogP contribution in [-0.2, 0) is 24.3 Å². The summed E-state index contributed by atoms with van der Waals surface area (Å²) in [6.45, 7) is 4.61. The molecular weight excluding hydrogens is 332 g/mol. The summed E-state index contributed by atoms with van der Waals surface area (Å²) < 4.78 is 31.5. The Morgan fingerprint density at radius 1 is 1.25 bits per heavy atom. The number of aryl methyl sites for hydroxylation is 2. The van der Waals surface area contributed by atoms with Crippen molar-refractivity contribution in [2.24, 2.45) is 0 Å². The van der Waals surface area contributed by atoms with Crippen molar-refractivity contribution in [1.82, 2.24) is 10.0 Å². The van der Waals surface area contributed by atoms with E-state index in [1.807, 2.05) is 13.8 Å². The Bertz CT molecular complexity index is 741. The maximum atomic E-state index is 12.2. The monoisotopic (exact) mass is 354 g/mol. The van der Waals surface area contributed by atoms with Crippen LogP contribution >= 0.6 is 0 Å². The number of carbonyl (C=O) groups excluding carboxylic acids is 2. The van der Waals surface area contributed by atoms with E-state index in [1.54, 1.807) is 6.07 Å². The lowest BCUT2D eigenvalue weighted by Gasteiger charge is -2.13. The Morgan fingerprint density at radius 3 is 2.50 bits per heavy atom. The van der Waals surface area contributed by atoms with Crippen molar-refractivity contribution in [2.45, 2.75) is 50.7 Å². The highest BCUT2D eigenvalue weighted by Crippen LogP contribution is 2.18. The topological polar surface area (TPSA) is 102 Å². The van der Waals surface area contributed by atoms with E-state index in [1.165, 1.54) is 19.1 Å². The van der Waals surface area contributed by atoms with Gasteiger partial charge in [-0.25, -0.2) is 8.42 Å². The molecule has 1 fully saturated rings. The molecule has 0 saturated heterocycles. The van der Waals surface area contributed by atoms with E-state index in [-0.39, 0.29) is 16.8 Å². The van der Waals surface area contributed by atoms with Crippen LogP contribution in [0.3, 0.4) is 0 Å². The lowest BCUT2D eigenvalue weighted by Crippen LogP contribution is -2.39. The Balaban J connectivity index is 1.87. The summed E-state index contributed by atoms with van der Waals surface area (Å²) in [6.07, 6.45) is 0.911. The van der Waals surface area contributed by atoms with E-state index < -0.39 is 28.6 Å². The smallest absolute Gasteiger partial charge is 0.321 e. The summed E-state index contributed by atoms with van der Waals surface area (Å²) in [6, 6.07) is 4.88. The molecule has 1 aliphatic carbocycles. The van der Waals surface area contributed by atoms with Crippen LogP contribution in [0.1, 0.15) is 30.9 Å². The summed E-state index contributed by atoms with van der Waals surface area (Å²) in [5, 5.41) is 2.71. The molecule has 1 aromatic rings. The zero-order valence-corrected chi connectivity index (χ0v) is 14.8. The second-order valence-electron chi connectivity index (χ2n) is 5.99. The predicted octanol–water partition coefficient (Wildman–Crippen LogP) is 0.792. The molecule has 0 spiro atoms. The zero-order chi connectivity index (χ0) is 17.9. The van der Waals surface area contributed by atoms with Crippen molar-refractivity contribution in [1.29, 1.82) is 0 Å². The minimum absolute atomic E-state index is 0.0814. The molecule has 0 aliphatic heterocycles. The molecule has 0 heterocycles. The zero-order valence-electron chi connectivity index (χ0n) is 14.0. The van der Waals surface area contributed by atoms with Crippen LogP contribution in [0, 0.1) is 13.8 Å². The number of hydrogen-bond acceptors (Lipinski definition) is 5. The van der Waals surface area contributed by atoms with Crippen molar-refractivity contribution < 1.29 is 22.7 Å². The van der Waals surface area contributed by atoms with Gasteiger partial charge in [-0.15, -0.1) is 0 Å². The average Bonchev–Trinajstić information content (AvgIpc) is 3.31. The summed E-state index contributed by atoms with van der Waals surface area (Å²) >= 11 is 0. The summed E-state index contributed by atoms with van der Waals surface area (Å²) in [4.78, 5) is 23.5. The number of benzene rings is 1. The van der Waals surface area contributed by atoms with Crippen molar-refractivity contribution in [3.8, 4) is 0 Å². The van der Waals surface area contributed by atoms with Crippen LogP contribution in [-0.4, -0.2) is 39.0 Å². The fraction of sp³-hybridized carbons (Fsp3) is 0.500. The molecule has 1 atom stereocenters. The minimum Gasteiger partial charge on any atom is -0.452 e. The van der Waals surface area contributed by atoms with Gasteiger partial charge in [0.1, 0.15) is 6.54 Å². The van der Waals surface area contributed by atoms with Gasteiger partial charge in [-0.1, -0.05) is 6.07 Å². The third-order valence-corrected chi connectivity index (χ3v) is 5.20. The number of rotatable bonds is 7. The third kappa shape index (κ3) is 5.04. The third-order valence-electron chi connectivity index (χ3n) is 3.80. The Morgan fingerprint density at radius 2 is 1.92 bits per heavy atom. The standard InChI is InChI=1S/C16H22N2O5S/c1-10-4-7-14(8-11(10)2)24(21,22)17-9-15(19)23-12(3)16(20)18-13-5-6-13/h4,7-8,12-13,17H,5-6,9H2,1-3H3,(H,18,20). The molecule has 0 aromatic heterocycles. The van der Waals surface area contributed by atoms with Crippen LogP contribution in [0.2, 0.25) is 0 Å². The van der Waals surface area contributed by atoms with Crippen molar-refractivity contribution in [3.05, 3.63) is 29.3 Å². The fourth-order valence-corrected chi connectivity index (χ4v) is 3.01. The first-order valence-electron chi connectivity index (χ1n) is 7.76. The summed E-state index contributed by atoms with van der Waals surface area (Å²) in [7, 11) is -3.81. The molecule has 1 aliphatic rings. The molecule has 2 rings (SSSR count). The first-order valence-corrected chi connectivity index (χ1v) is 9.24. The molecule has 7 nitrogen and oxygen atoms in total. The van der Waals surface area contributed by atoms with E-state index in [2.05, 4.69) is 10.0 Å². The second-order valence-corrected chi connectivity index (χ2v) is 7.75. The maximum Gasteiger partial charge on any atom is 0.321 e. The van der Waals surface area contributed by atoms with Crippen LogP contribution in [0.25, 0.3) is 0 Å². The first-order chi connectivity index (χ1) is 11.2. The van der Waals surface area contributed by atoms with E-state index in [0.717, 1.165) is 24.0 Å². The van der Waals surface area contributed by atoms with Crippen LogP contribution in [0.4, 0.5) is 0 Å². The number of esters is 1. The van der Waals surface area contributed by atoms with E-state index >= 15 is 0 Å². The lowest BCUT2D eigenvalue weighted by molar-refractivity contribution is -0.153. The van der Waals surface area contributed by atoms with E-state index in [4.69, 9.17) is 4.74 Å². The molecule has 24 heavy (non-hydrogen) atoms. The molecule has 0 bridgehead atoms. The maximum absolute atomic E-state index is 12.2. The van der Waals surface area contributed by atoms with Gasteiger partial charge in [0.05, 0.1) is 4.90 Å². The summed E-state index contributed by atoms with van der Waals surface area (Å²) in [5.74, 6) is -1.18. The number of ether oxygens (including phenoxy) is 1. The lowest BCUT2D eigenvalue weighted by atomic mass is 10.1. The van der Waals surface area contributed by atoms with Gasteiger partial charge in [0.15, 0.2) is 6.10 Å². The highest BCUT2D eigenvalue weighted by atomic mass is 32.2. The van der Waals surface area contributed by atoms with E-state index in [9.17, 15) is 18.0 Å². The first kappa shape index (κ1) is 18.4. The second kappa shape index (κ2) is 7.31. The molecule has 2 N–H and O–H groups in total. The number of sulfonamides is 1. The largest absolute Gasteiger partial charge is 0.452 e. The predicted molar refractivity (Wildman–Crippen MR) is 87.8 cm³/mol. The van der Waals surface area contributed by atoms with Crippen LogP contribution in [0.15, 0.2) is 23.1 Å². The quantitative estimate of drug-likeness (QED) is 0.705. The fourth-order valence-electron chi connectivity index (χ4n) is 1.96. The highest BCUT2D eigenvalue weighted by Gasteiger charge is 2.27. The van der Waals surface area contributed by atoms with Crippen LogP contribution in [0.5, 0.6) is 0 Å². The Kier molecular flexibility index (Phi) is 5.61. The Labute approximate surface area is 141 Å². The van der Waals surface area contributed by atoms with Crippen molar-refractivity contribution >= 4 is 21.9 Å². The number of nitrogens with one attached hydrogen (secondary N) is 2. The highest BCUT2D eigenvalue weighted by molar-refractivity contribution is 7.89. The normalized spacial score (nSPS) is 15.6. The number of hydrogen-bond donors (Lipinski definition) is 2. The van der Waals surface area contributed by atoms with Gasteiger partial charge >= 0.3 is 5.97 Å².